The quantitative estimate of drug-likeness (QED) is 0.815. The maximum absolute atomic E-state index is 13.3. The second-order valence-corrected chi connectivity index (χ2v) is 4.97. The molecule has 0 amide bonds. The molecule has 100 valence electrons. The van der Waals surface area contributed by atoms with Crippen LogP contribution < -0.4 is 10.5 Å². The standard InChI is InChI=1S/C16H18FNO/c1-10(2)12-4-6-13(7-5-12)19-16-8-11(3)14(17)9-15(16)18/h4-10H,18H2,1-3H3. The fraction of sp³-hybridized carbons (Fsp3) is 0.250. The number of aryl methyl sites for hydroxylation is 1. The van der Waals surface area contributed by atoms with E-state index in [0.29, 0.717) is 28.7 Å². The summed E-state index contributed by atoms with van der Waals surface area (Å²) in [5.41, 5.74) is 7.82. The molecule has 0 unspecified atom stereocenters. The summed E-state index contributed by atoms with van der Waals surface area (Å²) >= 11 is 0. The number of anilines is 1. The predicted molar refractivity (Wildman–Crippen MR) is 76.2 cm³/mol. The van der Waals surface area contributed by atoms with Gasteiger partial charge in [-0.2, -0.15) is 0 Å². The molecule has 19 heavy (non-hydrogen) atoms. The van der Waals surface area contributed by atoms with Gasteiger partial charge in [-0.15, -0.1) is 0 Å². The summed E-state index contributed by atoms with van der Waals surface area (Å²) in [4.78, 5) is 0. The molecule has 0 atom stereocenters. The van der Waals surface area contributed by atoms with Crippen LogP contribution in [0.15, 0.2) is 36.4 Å². The van der Waals surface area contributed by atoms with E-state index in [1.807, 2.05) is 24.3 Å². The van der Waals surface area contributed by atoms with Gasteiger partial charge in [0.2, 0.25) is 0 Å². The monoisotopic (exact) mass is 259 g/mol. The Morgan fingerprint density at radius 3 is 2.32 bits per heavy atom. The molecule has 0 spiro atoms. The number of hydrogen-bond donors (Lipinski definition) is 1. The minimum absolute atomic E-state index is 0.302. The van der Waals surface area contributed by atoms with Gasteiger partial charge < -0.3 is 10.5 Å². The van der Waals surface area contributed by atoms with Crippen LogP contribution in [0.5, 0.6) is 11.5 Å². The normalized spacial score (nSPS) is 10.8. The molecule has 0 bridgehead atoms. The zero-order valence-electron chi connectivity index (χ0n) is 11.4. The molecule has 0 aliphatic rings. The Balaban J connectivity index is 2.24. The lowest BCUT2D eigenvalue weighted by atomic mass is 10.0. The van der Waals surface area contributed by atoms with Crippen molar-refractivity contribution in [2.45, 2.75) is 26.7 Å². The largest absolute Gasteiger partial charge is 0.455 e. The van der Waals surface area contributed by atoms with Crippen LogP contribution >= 0.6 is 0 Å². The van der Waals surface area contributed by atoms with Crippen LogP contribution in [0, 0.1) is 12.7 Å². The summed E-state index contributed by atoms with van der Waals surface area (Å²) in [6, 6.07) is 10.7. The first-order valence-corrected chi connectivity index (χ1v) is 6.31. The lowest BCUT2D eigenvalue weighted by Crippen LogP contribution is -1.95. The Kier molecular flexibility index (Phi) is 3.74. The smallest absolute Gasteiger partial charge is 0.150 e. The molecule has 0 fully saturated rings. The Hall–Kier alpha value is -2.03. The SMILES string of the molecule is Cc1cc(Oc2ccc(C(C)C)cc2)c(N)cc1F. The first kappa shape index (κ1) is 13.4. The summed E-state index contributed by atoms with van der Waals surface area (Å²) in [5, 5.41) is 0. The van der Waals surface area contributed by atoms with Gasteiger partial charge >= 0.3 is 0 Å². The number of hydrogen-bond acceptors (Lipinski definition) is 2. The van der Waals surface area contributed by atoms with Crippen LogP contribution in [-0.4, -0.2) is 0 Å². The molecule has 2 N–H and O–H groups in total. The summed E-state index contributed by atoms with van der Waals surface area (Å²) in [5.74, 6) is 1.34. The predicted octanol–water partition coefficient (Wildman–Crippen LogP) is 4.63. The number of rotatable bonds is 3. The summed E-state index contributed by atoms with van der Waals surface area (Å²) < 4.78 is 19.0. The third-order valence-electron chi connectivity index (χ3n) is 3.07. The maximum Gasteiger partial charge on any atom is 0.150 e. The van der Waals surface area contributed by atoms with Crippen molar-refractivity contribution in [2.24, 2.45) is 0 Å². The van der Waals surface area contributed by atoms with Gasteiger partial charge in [-0.05, 0) is 42.2 Å². The van der Waals surface area contributed by atoms with Gasteiger partial charge in [0.25, 0.3) is 0 Å². The second-order valence-electron chi connectivity index (χ2n) is 4.97. The van der Waals surface area contributed by atoms with Crippen molar-refractivity contribution in [3.8, 4) is 11.5 Å². The molecule has 2 aromatic carbocycles. The Morgan fingerprint density at radius 1 is 1.11 bits per heavy atom. The van der Waals surface area contributed by atoms with E-state index in [0.717, 1.165) is 0 Å². The molecule has 0 saturated heterocycles. The van der Waals surface area contributed by atoms with E-state index < -0.39 is 0 Å². The van der Waals surface area contributed by atoms with Gasteiger partial charge in [-0.25, -0.2) is 4.39 Å². The van der Waals surface area contributed by atoms with Gasteiger partial charge in [0.05, 0.1) is 5.69 Å². The van der Waals surface area contributed by atoms with E-state index in [-0.39, 0.29) is 5.82 Å². The van der Waals surface area contributed by atoms with Gasteiger partial charge in [-0.1, -0.05) is 26.0 Å². The second kappa shape index (κ2) is 5.31. The van der Waals surface area contributed by atoms with Gasteiger partial charge in [0.15, 0.2) is 5.75 Å². The van der Waals surface area contributed by atoms with Crippen LogP contribution in [0.25, 0.3) is 0 Å². The van der Waals surface area contributed by atoms with Crippen LogP contribution in [0.1, 0.15) is 30.9 Å². The van der Waals surface area contributed by atoms with Crippen molar-refractivity contribution in [3.05, 3.63) is 53.3 Å². The molecule has 0 radical (unpaired) electrons. The third-order valence-corrected chi connectivity index (χ3v) is 3.07. The number of halogens is 1. The van der Waals surface area contributed by atoms with Crippen LogP contribution in [0.3, 0.4) is 0 Å². The molecular weight excluding hydrogens is 241 g/mol. The third kappa shape index (κ3) is 3.05. The van der Waals surface area contributed by atoms with Crippen molar-refractivity contribution in [1.29, 1.82) is 0 Å². The van der Waals surface area contributed by atoms with Gasteiger partial charge in [0, 0.05) is 6.07 Å². The molecule has 0 heterocycles. The summed E-state index contributed by atoms with van der Waals surface area (Å²) in [6.07, 6.45) is 0. The lowest BCUT2D eigenvalue weighted by molar-refractivity contribution is 0.482. The van der Waals surface area contributed by atoms with Gasteiger partial charge in [0.1, 0.15) is 11.6 Å². The van der Waals surface area contributed by atoms with Crippen molar-refractivity contribution >= 4 is 5.69 Å². The van der Waals surface area contributed by atoms with Crippen molar-refractivity contribution in [3.63, 3.8) is 0 Å². The molecule has 3 heteroatoms. The van der Waals surface area contributed by atoms with Crippen molar-refractivity contribution in [1.82, 2.24) is 0 Å². The highest BCUT2D eigenvalue weighted by Crippen LogP contribution is 2.30. The van der Waals surface area contributed by atoms with Crippen LogP contribution in [0.2, 0.25) is 0 Å². The molecule has 0 aromatic heterocycles. The molecular formula is C16H18FNO. The first-order valence-electron chi connectivity index (χ1n) is 6.31. The highest BCUT2D eigenvalue weighted by Gasteiger charge is 2.07. The first-order chi connectivity index (χ1) is 8.97. The topological polar surface area (TPSA) is 35.2 Å². The number of benzene rings is 2. The summed E-state index contributed by atoms with van der Waals surface area (Å²) in [6.45, 7) is 5.96. The van der Waals surface area contributed by atoms with E-state index in [9.17, 15) is 4.39 Å². The van der Waals surface area contributed by atoms with E-state index >= 15 is 0 Å². The Bertz CT molecular complexity index is 576. The average Bonchev–Trinajstić information content (AvgIpc) is 2.36. The Labute approximate surface area is 113 Å². The molecule has 0 saturated carbocycles. The van der Waals surface area contributed by atoms with E-state index in [1.165, 1.54) is 11.6 Å². The number of nitrogens with two attached hydrogens (primary N) is 1. The zero-order chi connectivity index (χ0) is 14.0. The summed E-state index contributed by atoms with van der Waals surface area (Å²) in [7, 11) is 0. The van der Waals surface area contributed by atoms with E-state index in [4.69, 9.17) is 10.5 Å². The minimum Gasteiger partial charge on any atom is -0.455 e. The average molecular weight is 259 g/mol. The minimum atomic E-state index is -0.319. The van der Waals surface area contributed by atoms with Crippen LogP contribution in [0.4, 0.5) is 10.1 Å². The zero-order valence-corrected chi connectivity index (χ0v) is 11.4. The number of ether oxygens (including phenoxy) is 1. The van der Waals surface area contributed by atoms with Crippen LogP contribution in [-0.2, 0) is 0 Å². The highest BCUT2D eigenvalue weighted by atomic mass is 19.1. The molecule has 2 nitrogen and oxygen atoms in total. The van der Waals surface area contributed by atoms with Gasteiger partial charge in [-0.3, -0.25) is 0 Å². The van der Waals surface area contributed by atoms with E-state index in [2.05, 4.69) is 13.8 Å². The van der Waals surface area contributed by atoms with E-state index in [1.54, 1.807) is 13.0 Å². The van der Waals surface area contributed by atoms with Crippen molar-refractivity contribution < 1.29 is 9.13 Å². The fourth-order valence-corrected chi connectivity index (χ4v) is 1.81. The molecule has 0 aliphatic carbocycles. The maximum atomic E-state index is 13.3. The Morgan fingerprint density at radius 2 is 1.74 bits per heavy atom. The molecule has 2 aromatic rings. The molecule has 2 rings (SSSR count). The lowest BCUT2D eigenvalue weighted by Gasteiger charge is -2.11. The number of nitrogen functional groups attached to an aromatic ring is 1. The highest BCUT2D eigenvalue weighted by molar-refractivity contribution is 5.55. The van der Waals surface area contributed by atoms with Crippen molar-refractivity contribution in [2.75, 3.05) is 5.73 Å². The fourth-order valence-electron chi connectivity index (χ4n) is 1.81. The molecule has 0 aliphatic heterocycles.